The van der Waals surface area contributed by atoms with Crippen LogP contribution in [0.4, 0.5) is 16.2 Å². The zero-order valence-corrected chi connectivity index (χ0v) is 15.0. The maximum absolute atomic E-state index is 11.7. The van der Waals surface area contributed by atoms with E-state index in [1.54, 1.807) is 45.0 Å². The van der Waals surface area contributed by atoms with E-state index >= 15 is 0 Å². The fraction of sp³-hybridized carbons (Fsp3) is 0.250. The van der Waals surface area contributed by atoms with Gasteiger partial charge in [-0.15, -0.1) is 0 Å². The van der Waals surface area contributed by atoms with Gasteiger partial charge in [0.25, 0.3) is 5.69 Å². The highest BCUT2D eigenvalue weighted by molar-refractivity contribution is 9.10. The van der Waals surface area contributed by atoms with Crippen LogP contribution in [-0.2, 0) is 4.74 Å². The molecular weight excluding hydrogens is 378 g/mol. The molecule has 0 atom stereocenters. The quantitative estimate of drug-likeness (QED) is 0.598. The number of hydrogen-bond acceptors (Lipinski definition) is 5. The Balaban J connectivity index is 2.21. The number of anilines is 1. The van der Waals surface area contributed by atoms with Crippen LogP contribution in [-0.4, -0.2) is 21.6 Å². The van der Waals surface area contributed by atoms with Crippen LogP contribution in [0.3, 0.4) is 0 Å². The number of rotatable bonds is 3. The minimum Gasteiger partial charge on any atom is -0.444 e. The molecule has 24 heavy (non-hydrogen) atoms. The molecule has 1 amide bonds. The van der Waals surface area contributed by atoms with Crippen LogP contribution in [0.2, 0.25) is 0 Å². The first-order chi connectivity index (χ1) is 11.2. The van der Waals surface area contributed by atoms with Crippen molar-refractivity contribution in [2.45, 2.75) is 26.4 Å². The molecule has 8 heteroatoms. The van der Waals surface area contributed by atoms with Gasteiger partial charge in [0.15, 0.2) is 0 Å². The third-order valence-electron chi connectivity index (χ3n) is 2.83. The topological polar surface area (TPSA) is 94.4 Å². The van der Waals surface area contributed by atoms with Gasteiger partial charge in [0.2, 0.25) is 0 Å². The van der Waals surface area contributed by atoms with E-state index in [-0.39, 0.29) is 11.4 Å². The van der Waals surface area contributed by atoms with E-state index in [0.717, 1.165) is 0 Å². The lowest BCUT2D eigenvalue weighted by molar-refractivity contribution is -0.384. The van der Waals surface area contributed by atoms with Gasteiger partial charge in [0.1, 0.15) is 11.3 Å². The second-order valence-corrected chi connectivity index (χ2v) is 6.90. The molecule has 0 saturated heterocycles. The SMILES string of the molecule is CC(C)(C)OC(=O)Nc1ccc(-c2ncc(Br)cc2[N+](=O)[O-])cc1. The molecule has 2 rings (SSSR count). The van der Waals surface area contributed by atoms with E-state index in [9.17, 15) is 14.9 Å². The number of nitrogens with zero attached hydrogens (tertiary/aromatic N) is 2. The summed E-state index contributed by atoms with van der Waals surface area (Å²) in [6.45, 7) is 5.32. The molecule has 7 nitrogen and oxygen atoms in total. The van der Waals surface area contributed by atoms with Crippen molar-refractivity contribution in [3.05, 3.63) is 51.1 Å². The van der Waals surface area contributed by atoms with E-state index < -0.39 is 16.6 Å². The molecule has 0 spiro atoms. The molecular formula is C16H16BrN3O4. The summed E-state index contributed by atoms with van der Waals surface area (Å²) < 4.78 is 5.69. The molecule has 1 heterocycles. The monoisotopic (exact) mass is 393 g/mol. The Morgan fingerprint density at radius 3 is 2.46 bits per heavy atom. The van der Waals surface area contributed by atoms with Gasteiger partial charge in [-0.2, -0.15) is 0 Å². The number of benzene rings is 1. The molecule has 0 aliphatic carbocycles. The highest BCUT2D eigenvalue weighted by atomic mass is 79.9. The summed E-state index contributed by atoms with van der Waals surface area (Å²) in [4.78, 5) is 26.5. The molecule has 0 aliphatic heterocycles. The van der Waals surface area contributed by atoms with Crippen molar-refractivity contribution in [2.24, 2.45) is 0 Å². The van der Waals surface area contributed by atoms with Crippen molar-refractivity contribution < 1.29 is 14.5 Å². The van der Waals surface area contributed by atoms with Gasteiger partial charge in [-0.3, -0.25) is 15.4 Å². The number of pyridine rings is 1. The standard InChI is InChI=1S/C16H16BrN3O4/c1-16(2,3)24-15(21)19-12-6-4-10(5-7-12)14-13(20(22)23)8-11(17)9-18-14/h4-9H,1-3H3,(H,19,21). The van der Waals surface area contributed by atoms with E-state index in [1.807, 2.05) is 0 Å². The van der Waals surface area contributed by atoms with Crippen molar-refractivity contribution in [2.75, 3.05) is 5.32 Å². The summed E-state index contributed by atoms with van der Waals surface area (Å²) >= 11 is 3.17. The minimum atomic E-state index is -0.591. The Morgan fingerprint density at radius 1 is 1.29 bits per heavy atom. The van der Waals surface area contributed by atoms with Crippen molar-refractivity contribution in [3.63, 3.8) is 0 Å². The molecule has 1 aromatic heterocycles. The molecule has 0 aliphatic rings. The Kier molecular flexibility index (Phi) is 5.18. The second kappa shape index (κ2) is 6.96. The number of ether oxygens (including phenoxy) is 1. The molecule has 1 N–H and O–H groups in total. The van der Waals surface area contributed by atoms with Crippen molar-refractivity contribution in [1.29, 1.82) is 0 Å². The molecule has 0 unspecified atom stereocenters. The molecule has 0 bridgehead atoms. The number of carbonyl (C=O) groups is 1. The Hall–Kier alpha value is -2.48. The normalized spacial score (nSPS) is 11.0. The number of nitrogens with one attached hydrogen (secondary N) is 1. The van der Waals surface area contributed by atoms with E-state index in [2.05, 4.69) is 26.2 Å². The summed E-state index contributed by atoms with van der Waals surface area (Å²) in [7, 11) is 0. The van der Waals surface area contributed by atoms with Crippen molar-refractivity contribution in [1.82, 2.24) is 4.98 Å². The third kappa shape index (κ3) is 4.76. The van der Waals surface area contributed by atoms with Gasteiger partial charge in [0, 0.05) is 28.0 Å². The van der Waals surface area contributed by atoms with Crippen LogP contribution in [0.5, 0.6) is 0 Å². The molecule has 0 fully saturated rings. The van der Waals surface area contributed by atoms with Crippen LogP contribution in [0.15, 0.2) is 41.0 Å². The van der Waals surface area contributed by atoms with Crippen LogP contribution in [0, 0.1) is 10.1 Å². The summed E-state index contributed by atoms with van der Waals surface area (Å²) in [6, 6.07) is 7.96. The van der Waals surface area contributed by atoms with Crippen molar-refractivity contribution >= 4 is 33.4 Å². The predicted octanol–water partition coefficient (Wildman–Crippen LogP) is 4.77. The smallest absolute Gasteiger partial charge is 0.412 e. The van der Waals surface area contributed by atoms with Crippen LogP contribution in [0.25, 0.3) is 11.3 Å². The van der Waals surface area contributed by atoms with Gasteiger partial charge in [-0.1, -0.05) is 12.1 Å². The number of amides is 1. The fourth-order valence-electron chi connectivity index (χ4n) is 1.92. The zero-order valence-electron chi connectivity index (χ0n) is 13.4. The summed E-state index contributed by atoms with van der Waals surface area (Å²) in [5.41, 5.74) is 0.660. The lowest BCUT2D eigenvalue weighted by Gasteiger charge is -2.19. The van der Waals surface area contributed by atoms with E-state index in [0.29, 0.717) is 15.7 Å². The maximum Gasteiger partial charge on any atom is 0.412 e. The predicted molar refractivity (Wildman–Crippen MR) is 93.9 cm³/mol. The summed E-state index contributed by atoms with van der Waals surface area (Å²) in [5, 5.41) is 13.8. The molecule has 2 aromatic rings. The zero-order chi connectivity index (χ0) is 17.9. The number of carbonyl (C=O) groups excluding carboxylic acids is 1. The number of hydrogen-bond donors (Lipinski definition) is 1. The Labute approximate surface area is 147 Å². The number of nitro groups is 1. The largest absolute Gasteiger partial charge is 0.444 e. The Bertz CT molecular complexity index is 770. The Morgan fingerprint density at radius 2 is 1.92 bits per heavy atom. The number of halogens is 1. The minimum absolute atomic E-state index is 0.0998. The van der Waals surface area contributed by atoms with E-state index in [4.69, 9.17) is 4.74 Å². The third-order valence-corrected chi connectivity index (χ3v) is 3.27. The van der Waals surface area contributed by atoms with Crippen molar-refractivity contribution in [3.8, 4) is 11.3 Å². The average molecular weight is 394 g/mol. The van der Waals surface area contributed by atoms with Crippen LogP contribution < -0.4 is 5.32 Å². The lowest BCUT2D eigenvalue weighted by atomic mass is 10.1. The van der Waals surface area contributed by atoms with Gasteiger partial charge in [-0.25, -0.2) is 9.78 Å². The highest BCUT2D eigenvalue weighted by Gasteiger charge is 2.18. The lowest BCUT2D eigenvalue weighted by Crippen LogP contribution is -2.27. The van der Waals surface area contributed by atoms with Crippen LogP contribution >= 0.6 is 15.9 Å². The second-order valence-electron chi connectivity index (χ2n) is 5.98. The maximum atomic E-state index is 11.7. The first-order valence-electron chi connectivity index (χ1n) is 7.06. The first-order valence-corrected chi connectivity index (χ1v) is 7.85. The molecule has 0 saturated carbocycles. The van der Waals surface area contributed by atoms with E-state index in [1.165, 1.54) is 12.3 Å². The molecule has 1 aromatic carbocycles. The average Bonchev–Trinajstić information content (AvgIpc) is 2.46. The van der Waals surface area contributed by atoms with Gasteiger partial charge < -0.3 is 4.74 Å². The molecule has 0 radical (unpaired) electrons. The first kappa shape index (κ1) is 17.9. The highest BCUT2D eigenvalue weighted by Crippen LogP contribution is 2.30. The van der Waals surface area contributed by atoms with Crippen LogP contribution in [0.1, 0.15) is 20.8 Å². The van der Waals surface area contributed by atoms with Gasteiger partial charge in [-0.05, 0) is 48.8 Å². The molecule has 126 valence electrons. The summed E-state index contributed by atoms with van der Waals surface area (Å²) in [6.07, 6.45) is 0.929. The summed E-state index contributed by atoms with van der Waals surface area (Å²) in [5.74, 6) is 0. The van der Waals surface area contributed by atoms with Gasteiger partial charge >= 0.3 is 6.09 Å². The van der Waals surface area contributed by atoms with Gasteiger partial charge in [0.05, 0.1) is 4.92 Å². The number of aromatic nitrogens is 1. The fourth-order valence-corrected chi connectivity index (χ4v) is 2.24.